The quantitative estimate of drug-likeness (QED) is 0.593. The minimum atomic E-state index is -0.596. The predicted octanol–water partition coefficient (Wildman–Crippen LogP) is 0.0779. The van der Waals surface area contributed by atoms with Crippen LogP contribution in [0.1, 0.15) is 0 Å². The second-order valence-corrected chi connectivity index (χ2v) is 6.27. The van der Waals surface area contributed by atoms with Crippen LogP contribution in [0.2, 0.25) is 0 Å². The predicted molar refractivity (Wildman–Crippen MR) is 54.1 cm³/mol. The van der Waals surface area contributed by atoms with Gasteiger partial charge in [0.15, 0.2) is 0 Å². The maximum absolute atomic E-state index is 2.27. The Bertz CT molecular complexity index is 78.8. The third-order valence-corrected chi connectivity index (χ3v) is 3.60. The fourth-order valence-electron chi connectivity index (χ4n) is 1.20. The highest BCUT2D eigenvalue weighted by Gasteiger charge is 2.20. The van der Waals surface area contributed by atoms with E-state index in [-0.39, 0.29) is 12.4 Å². The molecule has 5 heteroatoms. The lowest BCUT2D eigenvalue weighted by atomic mass is 11.2. The maximum atomic E-state index is 2.27. The third-order valence-electron chi connectivity index (χ3n) is 1.20. The molecule has 0 aliphatic rings. The second kappa shape index (κ2) is 5.96. The average molecular weight is 197 g/mol. The molecule has 0 aromatic heterocycles. The van der Waals surface area contributed by atoms with E-state index in [0.29, 0.717) is 0 Å². The molecule has 69 valence electrons. The van der Waals surface area contributed by atoms with Gasteiger partial charge in [-0.2, -0.15) is 0 Å². The molecule has 0 aromatic rings. The highest BCUT2D eigenvalue weighted by Crippen LogP contribution is 1.93. The van der Waals surface area contributed by atoms with E-state index < -0.39 is 9.28 Å². The lowest BCUT2D eigenvalue weighted by Crippen LogP contribution is -2.55. The smallest absolute Gasteiger partial charge is 0.304 e. The summed E-state index contributed by atoms with van der Waals surface area (Å²) in [6, 6.07) is 0. The summed E-state index contributed by atoms with van der Waals surface area (Å²) in [6.45, 7) is 0. The molecule has 0 aliphatic heterocycles. The van der Waals surface area contributed by atoms with Gasteiger partial charge >= 0.3 is 9.28 Å². The van der Waals surface area contributed by atoms with Gasteiger partial charge in [0.2, 0.25) is 0 Å². The van der Waals surface area contributed by atoms with Crippen LogP contribution in [0.15, 0.2) is 0 Å². The van der Waals surface area contributed by atoms with Crippen LogP contribution >= 0.6 is 12.4 Å². The van der Waals surface area contributed by atoms with Gasteiger partial charge in [-0.25, -0.2) is 0 Å². The molecule has 11 heavy (non-hydrogen) atoms. The van der Waals surface area contributed by atoms with Crippen molar-refractivity contribution in [3.8, 4) is 0 Å². The Labute approximate surface area is 78.2 Å². The van der Waals surface area contributed by atoms with Gasteiger partial charge in [-0.15, -0.1) is 12.4 Å². The van der Waals surface area contributed by atoms with Crippen molar-refractivity contribution in [1.29, 1.82) is 0 Å². The first-order valence-corrected chi connectivity index (χ1v) is 4.70. The minimum absolute atomic E-state index is 0. The van der Waals surface area contributed by atoms with E-state index in [1.807, 2.05) is 0 Å². The lowest BCUT2D eigenvalue weighted by molar-refractivity contribution is 0.420. The van der Waals surface area contributed by atoms with Crippen molar-refractivity contribution >= 4 is 21.7 Å². The van der Waals surface area contributed by atoms with Crippen LogP contribution in [0, 0.1) is 0 Å². The molecule has 0 spiro atoms. The van der Waals surface area contributed by atoms with Gasteiger partial charge in [0.1, 0.15) is 0 Å². The Morgan fingerprint density at radius 2 is 0.818 bits per heavy atom. The lowest BCUT2D eigenvalue weighted by Gasteiger charge is -2.31. The van der Waals surface area contributed by atoms with E-state index in [1.165, 1.54) is 0 Å². The van der Waals surface area contributed by atoms with Crippen LogP contribution in [-0.2, 0) is 0 Å². The van der Waals surface area contributed by atoms with Crippen molar-refractivity contribution in [1.82, 2.24) is 13.7 Å². The molecule has 0 fully saturated rings. The normalized spacial score (nSPS) is 11.5. The standard InChI is InChI=1S/C6H18N3Si.ClH/c1-7(2)10(8(3)4)9(5)6;/h1-6H3;1H. The largest absolute Gasteiger partial charge is 0.326 e. The molecule has 0 unspecified atom stereocenters. The first kappa shape index (κ1) is 13.9. The summed E-state index contributed by atoms with van der Waals surface area (Å²) < 4.78 is 6.81. The summed E-state index contributed by atoms with van der Waals surface area (Å²) in [4.78, 5) is 0. The molecule has 0 rings (SSSR count). The maximum Gasteiger partial charge on any atom is 0.326 e. The van der Waals surface area contributed by atoms with Crippen molar-refractivity contribution < 1.29 is 0 Å². The Hall–Kier alpha value is 0.387. The fourth-order valence-corrected chi connectivity index (χ4v) is 3.60. The van der Waals surface area contributed by atoms with Crippen molar-refractivity contribution in [3.63, 3.8) is 0 Å². The summed E-state index contributed by atoms with van der Waals surface area (Å²) in [6.07, 6.45) is 0. The highest BCUT2D eigenvalue weighted by molar-refractivity contribution is 6.49. The molecule has 1 radical (unpaired) electrons. The minimum Gasteiger partial charge on any atom is -0.304 e. The molecule has 0 saturated carbocycles. The number of hydrogen-bond acceptors (Lipinski definition) is 3. The molecular weight excluding hydrogens is 178 g/mol. The zero-order chi connectivity index (χ0) is 8.31. The van der Waals surface area contributed by atoms with E-state index in [9.17, 15) is 0 Å². The van der Waals surface area contributed by atoms with E-state index in [0.717, 1.165) is 0 Å². The zero-order valence-electron chi connectivity index (χ0n) is 8.25. The Kier molecular flexibility index (Phi) is 7.56. The van der Waals surface area contributed by atoms with E-state index >= 15 is 0 Å². The molecule has 0 aromatic carbocycles. The van der Waals surface area contributed by atoms with E-state index in [2.05, 4.69) is 56.0 Å². The van der Waals surface area contributed by atoms with Crippen LogP contribution in [-0.4, -0.2) is 65.3 Å². The Balaban J connectivity index is 0. The van der Waals surface area contributed by atoms with E-state index in [4.69, 9.17) is 0 Å². The van der Waals surface area contributed by atoms with Crippen LogP contribution < -0.4 is 0 Å². The molecule has 3 nitrogen and oxygen atoms in total. The van der Waals surface area contributed by atoms with Gasteiger partial charge in [-0.3, -0.25) is 0 Å². The van der Waals surface area contributed by atoms with Crippen LogP contribution in [0.25, 0.3) is 0 Å². The molecule has 0 saturated heterocycles. The summed E-state index contributed by atoms with van der Waals surface area (Å²) >= 11 is 0. The van der Waals surface area contributed by atoms with Crippen LogP contribution in [0.3, 0.4) is 0 Å². The van der Waals surface area contributed by atoms with Gasteiger partial charge in [0.05, 0.1) is 0 Å². The van der Waals surface area contributed by atoms with Crippen molar-refractivity contribution in [2.45, 2.75) is 0 Å². The molecule has 0 amide bonds. The van der Waals surface area contributed by atoms with Crippen molar-refractivity contribution in [2.75, 3.05) is 42.3 Å². The first-order chi connectivity index (χ1) is 4.46. The first-order valence-electron chi connectivity index (χ1n) is 3.35. The molecule has 0 atom stereocenters. The molecule has 0 N–H and O–H groups in total. The number of hydrogen-bond donors (Lipinski definition) is 0. The summed E-state index contributed by atoms with van der Waals surface area (Å²) in [7, 11) is 12.1. The second-order valence-electron chi connectivity index (χ2n) is 2.98. The Morgan fingerprint density at radius 1 is 0.636 bits per heavy atom. The highest BCUT2D eigenvalue weighted by atomic mass is 35.5. The molecule has 0 heterocycles. The molecule has 0 bridgehead atoms. The fraction of sp³-hybridized carbons (Fsp3) is 1.00. The van der Waals surface area contributed by atoms with Gasteiger partial charge in [0.25, 0.3) is 0 Å². The van der Waals surface area contributed by atoms with Crippen molar-refractivity contribution in [2.24, 2.45) is 0 Å². The summed E-state index contributed by atoms with van der Waals surface area (Å²) in [5.41, 5.74) is 0. The molecular formula is C6H19ClN3Si. The van der Waals surface area contributed by atoms with Crippen LogP contribution in [0.4, 0.5) is 0 Å². The third kappa shape index (κ3) is 4.76. The summed E-state index contributed by atoms with van der Waals surface area (Å²) in [5.74, 6) is 0. The van der Waals surface area contributed by atoms with Crippen LogP contribution in [0.5, 0.6) is 0 Å². The van der Waals surface area contributed by atoms with Gasteiger partial charge in [0, 0.05) is 0 Å². The average Bonchev–Trinajstić information content (AvgIpc) is 1.59. The van der Waals surface area contributed by atoms with Gasteiger partial charge in [-0.1, -0.05) is 0 Å². The topological polar surface area (TPSA) is 9.72 Å². The zero-order valence-corrected chi connectivity index (χ0v) is 10.1. The number of rotatable bonds is 3. The Morgan fingerprint density at radius 3 is 0.818 bits per heavy atom. The SMILES string of the molecule is CN(C)[Si](N(C)C)N(C)C.Cl. The number of halogens is 1. The monoisotopic (exact) mass is 196 g/mol. The van der Waals surface area contributed by atoms with Gasteiger partial charge in [-0.05, 0) is 42.3 Å². The van der Waals surface area contributed by atoms with E-state index in [1.54, 1.807) is 0 Å². The molecule has 0 aliphatic carbocycles. The van der Waals surface area contributed by atoms with Gasteiger partial charge < -0.3 is 13.7 Å². The van der Waals surface area contributed by atoms with Crippen molar-refractivity contribution in [3.05, 3.63) is 0 Å². The number of nitrogens with zero attached hydrogens (tertiary/aromatic N) is 3. The summed E-state index contributed by atoms with van der Waals surface area (Å²) in [5, 5.41) is 0.